The minimum absolute atomic E-state index is 0.174. The van der Waals surface area contributed by atoms with E-state index in [0.717, 1.165) is 11.1 Å². The number of rotatable bonds is 9. The van der Waals surface area contributed by atoms with Gasteiger partial charge in [0, 0.05) is 13.1 Å². The van der Waals surface area contributed by atoms with Crippen molar-refractivity contribution in [1.29, 1.82) is 0 Å². The fourth-order valence-corrected chi connectivity index (χ4v) is 3.05. The molecule has 30 heavy (non-hydrogen) atoms. The normalized spacial score (nSPS) is 11.8. The van der Waals surface area contributed by atoms with E-state index in [1.165, 1.54) is 4.90 Å². The number of hydrogen-bond donors (Lipinski definition) is 1. The summed E-state index contributed by atoms with van der Waals surface area (Å²) < 4.78 is 5.64. The Hall–Kier alpha value is -2.24. The maximum atomic E-state index is 13.0. The SMILES string of the molecule is Cc1ccc(OCC(=O)N(Cc2ccc(Cl)c(Cl)c2)[C@@H](C)C(=O)NCC(C)C)cc1. The molecule has 0 aliphatic heterocycles. The molecule has 0 saturated carbocycles. The zero-order chi connectivity index (χ0) is 22.3. The summed E-state index contributed by atoms with van der Waals surface area (Å²) >= 11 is 12.1. The average Bonchev–Trinajstić information content (AvgIpc) is 2.71. The van der Waals surface area contributed by atoms with E-state index >= 15 is 0 Å². The molecular formula is C23H28Cl2N2O3. The highest BCUT2D eigenvalue weighted by Crippen LogP contribution is 2.24. The van der Waals surface area contributed by atoms with Gasteiger partial charge in [0.2, 0.25) is 5.91 Å². The number of hydrogen-bond acceptors (Lipinski definition) is 3. The number of nitrogens with zero attached hydrogens (tertiary/aromatic N) is 1. The summed E-state index contributed by atoms with van der Waals surface area (Å²) in [6.45, 7) is 8.29. The predicted molar refractivity (Wildman–Crippen MR) is 121 cm³/mol. The molecule has 0 heterocycles. The maximum Gasteiger partial charge on any atom is 0.261 e. The van der Waals surface area contributed by atoms with Crippen molar-refractivity contribution in [3.63, 3.8) is 0 Å². The lowest BCUT2D eigenvalue weighted by molar-refractivity contribution is -0.142. The van der Waals surface area contributed by atoms with Gasteiger partial charge in [-0.15, -0.1) is 0 Å². The summed E-state index contributed by atoms with van der Waals surface area (Å²) in [4.78, 5) is 27.1. The minimum Gasteiger partial charge on any atom is -0.484 e. The molecule has 0 aromatic heterocycles. The Kier molecular flexibility index (Phi) is 9.00. The molecule has 1 atom stereocenters. The van der Waals surface area contributed by atoms with Gasteiger partial charge < -0.3 is 15.0 Å². The van der Waals surface area contributed by atoms with E-state index in [1.807, 2.05) is 45.0 Å². The molecule has 0 aliphatic rings. The molecular weight excluding hydrogens is 423 g/mol. The smallest absolute Gasteiger partial charge is 0.261 e. The summed E-state index contributed by atoms with van der Waals surface area (Å²) in [6.07, 6.45) is 0. The van der Waals surface area contributed by atoms with Crippen LogP contribution in [-0.4, -0.2) is 35.9 Å². The molecule has 0 saturated heterocycles. The lowest BCUT2D eigenvalue weighted by Gasteiger charge is -2.29. The van der Waals surface area contributed by atoms with Crippen molar-refractivity contribution >= 4 is 35.0 Å². The first-order valence-corrected chi connectivity index (χ1v) is 10.6. The van der Waals surface area contributed by atoms with E-state index in [0.29, 0.717) is 28.3 Å². The second-order valence-electron chi connectivity index (χ2n) is 7.69. The summed E-state index contributed by atoms with van der Waals surface area (Å²) in [5.74, 6) is 0.395. The molecule has 162 valence electrons. The number of carbonyl (C=O) groups is 2. The Bertz CT molecular complexity index is 869. The Morgan fingerprint density at radius 3 is 2.30 bits per heavy atom. The van der Waals surface area contributed by atoms with E-state index in [2.05, 4.69) is 5.32 Å². The molecule has 0 bridgehead atoms. The van der Waals surface area contributed by atoms with E-state index in [1.54, 1.807) is 25.1 Å². The number of halogens is 2. The van der Waals surface area contributed by atoms with Crippen LogP contribution in [0.3, 0.4) is 0 Å². The molecule has 2 rings (SSSR count). The Labute approximate surface area is 188 Å². The molecule has 0 fully saturated rings. The molecule has 0 radical (unpaired) electrons. The van der Waals surface area contributed by atoms with Crippen molar-refractivity contribution in [3.05, 3.63) is 63.6 Å². The van der Waals surface area contributed by atoms with Crippen LogP contribution in [0.25, 0.3) is 0 Å². The van der Waals surface area contributed by atoms with Crippen molar-refractivity contribution in [2.45, 2.75) is 40.3 Å². The molecule has 0 spiro atoms. The van der Waals surface area contributed by atoms with Gasteiger partial charge >= 0.3 is 0 Å². The van der Waals surface area contributed by atoms with Crippen LogP contribution in [0.5, 0.6) is 5.75 Å². The van der Waals surface area contributed by atoms with Gasteiger partial charge in [0.15, 0.2) is 6.61 Å². The van der Waals surface area contributed by atoms with Crippen LogP contribution in [-0.2, 0) is 16.1 Å². The molecule has 1 N–H and O–H groups in total. The van der Waals surface area contributed by atoms with E-state index in [4.69, 9.17) is 27.9 Å². The zero-order valence-electron chi connectivity index (χ0n) is 17.7. The van der Waals surface area contributed by atoms with Crippen LogP contribution in [0.15, 0.2) is 42.5 Å². The monoisotopic (exact) mass is 450 g/mol. The van der Waals surface area contributed by atoms with Crippen LogP contribution in [0.1, 0.15) is 31.9 Å². The standard InChI is InChI=1S/C23H28Cl2N2O3/c1-15(2)12-26-23(29)17(4)27(13-18-7-10-20(24)21(25)11-18)22(28)14-30-19-8-5-16(3)6-9-19/h5-11,15,17H,12-14H2,1-4H3,(H,26,29)/t17-/m0/s1. The van der Waals surface area contributed by atoms with Gasteiger partial charge in [-0.05, 0) is 49.6 Å². The summed E-state index contributed by atoms with van der Waals surface area (Å²) in [5, 5.41) is 3.71. The largest absolute Gasteiger partial charge is 0.484 e. The first-order chi connectivity index (χ1) is 14.2. The highest BCUT2D eigenvalue weighted by Gasteiger charge is 2.26. The molecule has 2 amide bonds. The molecule has 5 nitrogen and oxygen atoms in total. The molecule has 7 heteroatoms. The Morgan fingerprint density at radius 1 is 1.03 bits per heavy atom. The number of ether oxygens (including phenoxy) is 1. The van der Waals surface area contributed by atoms with Gasteiger partial charge in [-0.25, -0.2) is 0 Å². The van der Waals surface area contributed by atoms with Crippen LogP contribution < -0.4 is 10.1 Å². The van der Waals surface area contributed by atoms with Gasteiger partial charge in [0.25, 0.3) is 5.91 Å². The number of carbonyl (C=O) groups excluding carboxylic acids is 2. The number of amides is 2. The first-order valence-electron chi connectivity index (χ1n) is 9.88. The average molecular weight is 451 g/mol. The zero-order valence-corrected chi connectivity index (χ0v) is 19.3. The number of benzene rings is 2. The third-order valence-corrected chi connectivity index (χ3v) is 5.31. The van der Waals surface area contributed by atoms with Crippen LogP contribution in [0, 0.1) is 12.8 Å². The summed E-state index contributed by atoms with van der Waals surface area (Å²) in [6, 6.07) is 11.9. The van der Waals surface area contributed by atoms with Crippen molar-refractivity contribution in [1.82, 2.24) is 10.2 Å². The summed E-state index contributed by atoms with van der Waals surface area (Å²) in [5.41, 5.74) is 1.88. The Morgan fingerprint density at radius 2 is 1.70 bits per heavy atom. The van der Waals surface area contributed by atoms with E-state index < -0.39 is 6.04 Å². The lowest BCUT2D eigenvalue weighted by Crippen LogP contribution is -2.49. The van der Waals surface area contributed by atoms with Crippen molar-refractivity contribution in [2.75, 3.05) is 13.2 Å². The number of aryl methyl sites for hydroxylation is 1. The third-order valence-electron chi connectivity index (χ3n) is 4.57. The molecule has 0 unspecified atom stereocenters. The van der Waals surface area contributed by atoms with Crippen molar-refractivity contribution in [2.24, 2.45) is 5.92 Å². The maximum absolute atomic E-state index is 13.0. The van der Waals surface area contributed by atoms with Crippen LogP contribution in [0.2, 0.25) is 10.0 Å². The highest BCUT2D eigenvalue weighted by atomic mass is 35.5. The van der Waals surface area contributed by atoms with E-state index in [-0.39, 0.29) is 25.0 Å². The highest BCUT2D eigenvalue weighted by molar-refractivity contribution is 6.42. The number of nitrogens with one attached hydrogen (secondary N) is 1. The van der Waals surface area contributed by atoms with Gasteiger partial charge in [-0.3, -0.25) is 9.59 Å². The molecule has 2 aromatic carbocycles. The first kappa shape index (κ1) is 24.0. The van der Waals surface area contributed by atoms with Crippen LogP contribution in [0.4, 0.5) is 0 Å². The van der Waals surface area contributed by atoms with Crippen molar-refractivity contribution in [3.8, 4) is 5.75 Å². The Balaban J connectivity index is 2.15. The van der Waals surface area contributed by atoms with Crippen molar-refractivity contribution < 1.29 is 14.3 Å². The fraction of sp³-hybridized carbons (Fsp3) is 0.391. The predicted octanol–water partition coefficient (Wildman–Crippen LogP) is 4.87. The lowest BCUT2D eigenvalue weighted by atomic mass is 10.1. The molecule has 0 aliphatic carbocycles. The van der Waals surface area contributed by atoms with Gasteiger partial charge in [-0.1, -0.05) is 60.8 Å². The quantitative estimate of drug-likeness (QED) is 0.592. The summed E-state index contributed by atoms with van der Waals surface area (Å²) in [7, 11) is 0. The topological polar surface area (TPSA) is 58.6 Å². The van der Waals surface area contributed by atoms with E-state index in [9.17, 15) is 9.59 Å². The second kappa shape index (κ2) is 11.2. The van der Waals surface area contributed by atoms with Gasteiger partial charge in [0.1, 0.15) is 11.8 Å². The second-order valence-corrected chi connectivity index (χ2v) is 8.50. The fourth-order valence-electron chi connectivity index (χ4n) is 2.73. The van der Waals surface area contributed by atoms with Gasteiger partial charge in [0.05, 0.1) is 10.0 Å². The third kappa shape index (κ3) is 7.22. The van der Waals surface area contributed by atoms with Crippen LogP contribution >= 0.6 is 23.2 Å². The molecule has 2 aromatic rings. The minimum atomic E-state index is -0.674. The van der Waals surface area contributed by atoms with Gasteiger partial charge in [-0.2, -0.15) is 0 Å².